The van der Waals surface area contributed by atoms with Gasteiger partial charge in [0, 0.05) is 30.7 Å². The standard InChI is InChI=1S/C15H23NOS/c1-15(2,7-8-17)11-16-14-10-18-9-12-5-3-4-6-13(12)14/h3-6,14,16-17H,7-11H2,1-2H3. The molecule has 0 amide bonds. The van der Waals surface area contributed by atoms with Gasteiger partial charge in [-0.25, -0.2) is 0 Å². The Labute approximate surface area is 114 Å². The zero-order chi connectivity index (χ0) is 13.0. The van der Waals surface area contributed by atoms with Crippen molar-refractivity contribution in [1.29, 1.82) is 0 Å². The Bertz CT molecular complexity index is 392. The lowest BCUT2D eigenvalue weighted by Crippen LogP contribution is -2.35. The fourth-order valence-electron chi connectivity index (χ4n) is 2.34. The zero-order valence-corrected chi connectivity index (χ0v) is 12.1. The van der Waals surface area contributed by atoms with Gasteiger partial charge in [-0.05, 0) is 23.0 Å². The second kappa shape index (κ2) is 6.09. The lowest BCUT2D eigenvalue weighted by atomic mass is 9.89. The molecule has 0 saturated carbocycles. The molecule has 1 aliphatic rings. The molecular formula is C15H23NOS. The molecule has 0 aromatic heterocycles. The minimum Gasteiger partial charge on any atom is -0.396 e. The van der Waals surface area contributed by atoms with Crippen LogP contribution >= 0.6 is 11.8 Å². The predicted octanol–water partition coefficient (Wildman–Crippen LogP) is 2.97. The summed E-state index contributed by atoms with van der Waals surface area (Å²) >= 11 is 2.00. The Hall–Kier alpha value is -0.510. The summed E-state index contributed by atoms with van der Waals surface area (Å²) in [6.07, 6.45) is 0.849. The van der Waals surface area contributed by atoms with Crippen LogP contribution in [0.2, 0.25) is 0 Å². The van der Waals surface area contributed by atoms with Gasteiger partial charge in [0.1, 0.15) is 0 Å². The van der Waals surface area contributed by atoms with E-state index in [1.807, 2.05) is 11.8 Å². The van der Waals surface area contributed by atoms with E-state index in [4.69, 9.17) is 5.11 Å². The van der Waals surface area contributed by atoms with E-state index in [1.54, 1.807) is 0 Å². The average molecular weight is 265 g/mol. The van der Waals surface area contributed by atoms with Crippen LogP contribution in [0, 0.1) is 5.41 Å². The van der Waals surface area contributed by atoms with E-state index < -0.39 is 0 Å². The maximum absolute atomic E-state index is 9.06. The van der Waals surface area contributed by atoms with Crippen LogP contribution in [0.3, 0.4) is 0 Å². The van der Waals surface area contributed by atoms with E-state index in [2.05, 4.69) is 43.4 Å². The van der Waals surface area contributed by atoms with Crippen LogP contribution in [0.5, 0.6) is 0 Å². The molecule has 1 aromatic rings. The highest BCUT2D eigenvalue weighted by atomic mass is 32.2. The average Bonchev–Trinajstić information content (AvgIpc) is 2.36. The van der Waals surface area contributed by atoms with E-state index in [0.29, 0.717) is 6.04 Å². The summed E-state index contributed by atoms with van der Waals surface area (Å²) in [6, 6.07) is 9.18. The molecule has 2 rings (SSSR count). The number of thioether (sulfide) groups is 1. The molecule has 3 heteroatoms. The van der Waals surface area contributed by atoms with E-state index >= 15 is 0 Å². The third kappa shape index (κ3) is 3.50. The molecular weight excluding hydrogens is 242 g/mol. The molecule has 2 nitrogen and oxygen atoms in total. The summed E-state index contributed by atoms with van der Waals surface area (Å²) in [5.41, 5.74) is 3.08. The Morgan fingerprint density at radius 1 is 1.39 bits per heavy atom. The fourth-order valence-corrected chi connectivity index (χ4v) is 3.48. The lowest BCUT2D eigenvalue weighted by molar-refractivity contribution is 0.204. The van der Waals surface area contributed by atoms with Gasteiger partial charge in [-0.15, -0.1) is 0 Å². The van der Waals surface area contributed by atoms with E-state index in [1.165, 1.54) is 11.1 Å². The summed E-state index contributed by atoms with van der Waals surface area (Å²) in [4.78, 5) is 0. The van der Waals surface area contributed by atoms with E-state index in [0.717, 1.165) is 24.5 Å². The van der Waals surface area contributed by atoms with Crippen molar-refractivity contribution < 1.29 is 5.11 Å². The Kier molecular flexibility index (Phi) is 4.71. The van der Waals surface area contributed by atoms with Gasteiger partial charge < -0.3 is 10.4 Å². The molecule has 0 radical (unpaired) electrons. The molecule has 100 valence electrons. The molecule has 0 aliphatic carbocycles. The third-order valence-corrected chi connectivity index (χ3v) is 4.67. The first-order chi connectivity index (χ1) is 8.62. The summed E-state index contributed by atoms with van der Waals surface area (Å²) in [7, 11) is 0. The highest BCUT2D eigenvalue weighted by Crippen LogP contribution is 2.32. The van der Waals surface area contributed by atoms with Crippen molar-refractivity contribution in [1.82, 2.24) is 5.32 Å². The second-order valence-electron chi connectivity index (χ2n) is 5.79. The number of rotatable bonds is 5. The van der Waals surface area contributed by atoms with Crippen LogP contribution < -0.4 is 5.32 Å². The summed E-state index contributed by atoms with van der Waals surface area (Å²) in [6.45, 7) is 5.63. The topological polar surface area (TPSA) is 32.3 Å². The Morgan fingerprint density at radius 3 is 2.94 bits per heavy atom. The normalized spacial score (nSPS) is 19.6. The third-order valence-electron chi connectivity index (χ3n) is 3.59. The molecule has 1 unspecified atom stereocenters. The van der Waals surface area contributed by atoms with Crippen molar-refractivity contribution in [3.8, 4) is 0 Å². The maximum Gasteiger partial charge on any atom is 0.0436 e. The van der Waals surface area contributed by atoms with Crippen LogP contribution in [0.25, 0.3) is 0 Å². The number of aliphatic hydroxyl groups excluding tert-OH is 1. The van der Waals surface area contributed by atoms with Gasteiger partial charge in [0.15, 0.2) is 0 Å². The zero-order valence-electron chi connectivity index (χ0n) is 11.3. The molecule has 0 spiro atoms. The Morgan fingerprint density at radius 2 is 2.17 bits per heavy atom. The highest BCUT2D eigenvalue weighted by Gasteiger charge is 2.23. The Balaban J connectivity index is 1.99. The van der Waals surface area contributed by atoms with Crippen molar-refractivity contribution in [3.05, 3.63) is 35.4 Å². The quantitative estimate of drug-likeness (QED) is 0.858. The van der Waals surface area contributed by atoms with E-state index in [9.17, 15) is 0 Å². The van der Waals surface area contributed by atoms with Crippen LogP contribution in [-0.4, -0.2) is 24.0 Å². The van der Waals surface area contributed by atoms with Crippen LogP contribution in [0.15, 0.2) is 24.3 Å². The number of nitrogens with one attached hydrogen (secondary N) is 1. The first-order valence-corrected chi connectivity index (χ1v) is 7.78. The highest BCUT2D eigenvalue weighted by molar-refractivity contribution is 7.98. The summed E-state index contributed by atoms with van der Waals surface area (Å²) < 4.78 is 0. The van der Waals surface area contributed by atoms with Crippen molar-refractivity contribution in [2.45, 2.75) is 32.1 Å². The second-order valence-corrected chi connectivity index (χ2v) is 6.82. The summed E-state index contributed by atoms with van der Waals surface area (Å²) in [5.74, 6) is 2.28. The van der Waals surface area contributed by atoms with Gasteiger partial charge in [0.25, 0.3) is 0 Å². The molecule has 1 heterocycles. The SMILES string of the molecule is CC(C)(CCO)CNC1CSCc2ccccc21. The first-order valence-electron chi connectivity index (χ1n) is 6.62. The predicted molar refractivity (Wildman–Crippen MR) is 78.8 cm³/mol. The molecule has 1 aromatic carbocycles. The molecule has 0 bridgehead atoms. The number of hydrogen-bond acceptors (Lipinski definition) is 3. The van der Waals surface area contributed by atoms with Crippen LogP contribution in [0.1, 0.15) is 37.4 Å². The number of benzene rings is 1. The van der Waals surface area contributed by atoms with Gasteiger partial charge in [-0.2, -0.15) is 11.8 Å². The number of aliphatic hydroxyl groups is 1. The molecule has 1 atom stereocenters. The van der Waals surface area contributed by atoms with Gasteiger partial charge in [0.2, 0.25) is 0 Å². The number of hydrogen-bond donors (Lipinski definition) is 2. The van der Waals surface area contributed by atoms with Crippen molar-refractivity contribution in [2.24, 2.45) is 5.41 Å². The smallest absolute Gasteiger partial charge is 0.0436 e. The molecule has 1 aliphatic heterocycles. The monoisotopic (exact) mass is 265 g/mol. The molecule has 18 heavy (non-hydrogen) atoms. The van der Waals surface area contributed by atoms with E-state index in [-0.39, 0.29) is 12.0 Å². The van der Waals surface area contributed by atoms with Gasteiger partial charge in [0.05, 0.1) is 0 Å². The van der Waals surface area contributed by atoms with Crippen molar-refractivity contribution in [2.75, 3.05) is 18.9 Å². The van der Waals surface area contributed by atoms with Gasteiger partial charge in [-0.3, -0.25) is 0 Å². The molecule has 2 N–H and O–H groups in total. The lowest BCUT2D eigenvalue weighted by Gasteiger charge is -2.31. The largest absolute Gasteiger partial charge is 0.396 e. The first kappa shape index (κ1) is 13.9. The fraction of sp³-hybridized carbons (Fsp3) is 0.600. The van der Waals surface area contributed by atoms with Crippen LogP contribution in [0.4, 0.5) is 0 Å². The van der Waals surface area contributed by atoms with Crippen LogP contribution in [-0.2, 0) is 5.75 Å². The van der Waals surface area contributed by atoms with Gasteiger partial charge >= 0.3 is 0 Å². The maximum atomic E-state index is 9.06. The number of fused-ring (bicyclic) bond motifs is 1. The minimum absolute atomic E-state index is 0.159. The summed E-state index contributed by atoms with van der Waals surface area (Å²) in [5, 5.41) is 12.7. The molecule has 0 fully saturated rings. The van der Waals surface area contributed by atoms with Crippen molar-refractivity contribution in [3.63, 3.8) is 0 Å². The molecule has 0 saturated heterocycles. The van der Waals surface area contributed by atoms with Gasteiger partial charge in [-0.1, -0.05) is 38.1 Å². The van der Waals surface area contributed by atoms with Crippen molar-refractivity contribution >= 4 is 11.8 Å². The minimum atomic E-state index is 0.159.